The van der Waals surface area contributed by atoms with Gasteiger partial charge in [0.25, 0.3) is 0 Å². The molecular weight excluding hydrogens is 224 g/mol. The summed E-state index contributed by atoms with van der Waals surface area (Å²) in [5.41, 5.74) is 5.06. The zero-order valence-corrected chi connectivity index (χ0v) is 10.7. The summed E-state index contributed by atoms with van der Waals surface area (Å²) in [4.78, 5) is 0. The number of nitrogens with zero attached hydrogens (tertiary/aromatic N) is 3. The lowest BCUT2D eigenvalue weighted by atomic mass is 10.1. The van der Waals surface area contributed by atoms with E-state index in [9.17, 15) is 0 Å². The summed E-state index contributed by atoms with van der Waals surface area (Å²) in [5, 5.41) is 11.6. The van der Waals surface area contributed by atoms with E-state index in [2.05, 4.69) is 40.8 Å². The van der Waals surface area contributed by atoms with Gasteiger partial charge in [-0.05, 0) is 49.1 Å². The third-order valence-corrected chi connectivity index (χ3v) is 3.44. The van der Waals surface area contributed by atoms with Gasteiger partial charge in [-0.15, -0.1) is 5.10 Å². The molecule has 1 aromatic heterocycles. The summed E-state index contributed by atoms with van der Waals surface area (Å²) in [5.74, 6) is 0. The summed E-state index contributed by atoms with van der Waals surface area (Å²) in [6.07, 6.45) is 5.70. The molecule has 18 heavy (non-hydrogen) atoms. The summed E-state index contributed by atoms with van der Waals surface area (Å²) in [6.45, 7) is 3.82. The van der Waals surface area contributed by atoms with Gasteiger partial charge in [0.2, 0.25) is 0 Å². The van der Waals surface area contributed by atoms with E-state index >= 15 is 0 Å². The van der Waals surface area contributed by atoms with Crippen molar-refractivity contribution >= 4 is 0 Å². The van der Waals surface area contributed by atoms with Gasteiger partial charge in [0, 0.05) is 6.54 Å². The van der Waals surface area contributed by atoms with Gasteiger partial charge in [-0.25, -0.2) is 4.68 Å². The summed E-state index contributed by atoms with van der Waals surface area (Å²) in [6, 6.07) is 6.60. The molecule has 0 spiro atoms. The van der Waals surface area contributed by atoms with Crippen LogP contribution in [0.4, 0.5) is 0 Å². The van der Waals surface area contributed by atoms with Crippen LogP contribution < -0.4 is 5.32 Å². The normalized spacial score (nSPS) is 13.8. The quantitative estimate of drug-likeness (QED) is 0.890. The minimum Gasteiger partial charge on any atom is -0.311 e. The molecule has 3 rings (SSSR count). The van der Waals surface area contributed by atoms with Crippen molar-refractivity contribution in [1.29, 1.82) is 0 Å². The maximum atomic E-state index is 4.19. The van der Waals surface area contributed by atoms with Gasteiger partial charge in [0.1, 0.15) is 0 Å². The Balaban J connectivity index is 1.83. The molecule has 0 aliphatic heterocycles. The van der Waals surface area contributed by atoms with Crippen LogP contribution in [0.5, 0.6) is 0 Å². The molecule has 0 radical (unpaired) electrons. The van der Waals surface area contributed by atoms with Crippen LogP contribution in [-0.4, -0.2) is 21.5 Å². The van der Waals surface area contributed by atoms with E-state index in [4.69, 9.17) is 0 Å². The second-order valence-corrected chi connectivity index (χ2v) is 4.74. The van der Waals surface area contributed by atoms with E-state index < -0.39 is 0 Å². The maximum absolute atomic E-state index is 4.19. The first-order valence-corrected chi connectivity index (χ1v) is 6.61. The lowest BCUT2D eigenvalue weighted by Gasteiger charge is -2.03. The molecule has 1 aromatic carbocycles. The molecule has 1 heterocycles. The first-order chi connectivity index (χ1) is 8.86. The van der Waals surface area contributed by atoms with Crippen LogP contribution in [0.25, 0.3) is 5.69 Å². The predicted molar refractivity (Wildman–Crippen MR) is 70.8 cm³/mol. The molecule has 0 unspecified atom stereocenters. The van der Waals surface area contributed by atoms with Crippen LogP contribution in [0.15, 0.2) is 24.4 Å². The van der Waals surface area contributed by atoms with Crippen LogP contribution in [-0.2, 0) is 19.4 Å². The third kappa shape index (κ3) is 2.16. The Labute approximate surface area is 107 Å². The Bertz CT molecular complexity index is 544. The third-order valence-electron chi connectivity index (χ3n) is 3.44. The number of benzene rings is 1. The van der Waals surface area contributed by atoms with Crippen molar-refractivity contribution < 1.29 is 0 Å². The molecule has 0 bridgehead atoms. The molecular formula is C14H18N4. The second-order valence-electron chi connectivity index (χ2n) is 4.74. The molecule has 1 N–H and O–H groups in total. The topological polar surface area (TPSA) is 42.7 Å². The smallest absolute Gasteiger partial charge is 0.0969 e. The van der Waals surface area contributed by atoms with Crippen LogP contribution in [0, 0.1) is 0 Å². The van der Waals surface area contributed by atoms with E-state index in [-0.39, 0.29) is 0 Å². The van der Waals surface area contributed by atoms with E-state index in [1.807, 2.05) is 10.9 Å². The molecule has 2 aromatic rings. The van der Waals surface area contributed by atoms with Gasteiger partial charge in [-0.1, -0.05) is 18.2 Å². The number of aromatic nitrogens is 3. The Hall–Kier alpha value is -1.68. The first-order valence-electron chi connectivity index (χ1n) is 6.61. The van der Waals surface area contributed by atoms with Crippen molar-refractivity contribution in [2.75, 3.05) is 6.54 Å². The van der Waals surface area contributed by atoms with E-state index in [1.165, 1.54) is 30.4 Å². The van der Waals surface area contributed by atoms with Crippen molar-refractivity contribution in [3.63, 3.8) is 0 Å². The van der Waals surface area contributed by atoms with Crippen molar-refractivity contribution in [1.82, 2.24) is 20.3 Å². The minimum absolute atomic E-state index is 0.779. The number of rotatable bonds is 4. The van der Waals surface area contributed by atoms with Gasteiger partial charge in [-0.2, -0.15) is 0 Å². The molecule has 0 fully saturated rings. The van der Waals surface area contributed by atoms with E-state index in [0.717, 1.165) is 24.5 Å². The molecule has 0 atom stereocenters. The van der Waals surface area contributed by atoms with Crippen molar-refractivity contribution in [2.24, 2.45) is 0 Å². The summed E-state index contributed by atoms with van der Waals surface area (Å²) in [7, 11) is 0. The van der Waals surface area contributed by atoms with Crippen LogP contribution in [0.2, 0.25) is 0 Å². The number of hydrogen-bond acceptors (Lipinski definition) is 3. The predicted octanol–water partition coefficient (Wildman–Crippen LogP) is 1.87. The van der Waals surface area contributed by atoms with Crippen LogP contribution >= 0.6 is 0 Å². The van der Waals surface area contributed by atoms with Gasteiger partial charge < -0.3 is 5.32 Å². The Morgan fingerprint density at radius 2 is 2.17 bits per heavy atom. The Morgan fingerprint density at radius 1 is 1.28 bits per heavy atom. The fraction of sp³-hybridized carbons (Fsp3) is 0.429. The highest BCUT2D eigenvalue weighted by Crippen LogP contribution is 2.24. The lowest BCUT2D eigenvalue weighted by Crippen LogP contribution is -2.11. The average Bonchev–Trinajstić information content (AvgIpc) is 3.04. The van der Waals surface area contributed by atoms with Gasteiger partial charge in [0.05, 0.1) is 17.6 Å². The standard InChI is InChI=1S/C14H18N4/c1-2-15-9-13-10-18(17-16-13)14-7-6-11-4-3-5-12(11)8-14/h6-8,10,15H,2-5,9H2,1H3. The molecule has 94 valence electrons. The van der Waals surface area contributed by atoms with Gasteiger partial charge in [-0.3, -0.25) is 0 Å². The summed E-state index contributed by atoms with van der Waals surface area (Å²) >= 11 is 0. The molecule has 1 aliphatic rings. The number of aryl methyl sites for hydroxylation is 2. The Morgan fingerprint density at radius 3 is 3.06 bits per heavy atom. The molecule has 0 amide bonds. The zero-order valence-electron chi connectivity index (χ0n) is 10.7. The highest BCUT2D eigenvalue weighted by atomic mass is 15.4. The van der Waals surface area contributed by atoms with Crippen molar-refractivity contribution in [3.05, 3.63) is 41.2 Å². The maximum Gasteiger partial charge on any atom is 0.0969 e. The van der Waals surface area contributed by atoms with E-state index in [0.29, 0.717) is 0 Å². The minimum atomic E-state index is 0.779. The number of fused-ring (bicyclic) bond motifs is 1. The average molecular weight is 242 g/mol. The molecule has 4 nitrogen and oxygen atoms in total. The monoisotopic (exact) mass is 242 g/mol. The van der Waals surface area contributed by atoms with Crippen molar-refractivity contribution in [3.8, 4) is 5.69 Å². The fourth-order valence-electron chi connectivity index (χ4n) is 2.46. The number of hydrogen-bond donors (Lipinski definition) is 1. The number of nitrogens with one attached hydrogen (secondary N) is 1. The molecule has 0 saturated carbocycles. The fourth-order valence-corrected chi connectivity index (χ4v) is 2.46. The highest BCUT2D eigenvalue weighted by molar-refractivity contribution is 5.42. The van der Waals surface area contributed by atoms with E-state index in [1.54, 1.807) is 0 Å². The second kappa shape index (κ2) is 4.90. The van der Waals surface area contributed by atoms with Crippen LogP contribution in [0.3, 0.4) is 0 Å². The van der Waals surface area contributed by atoms with Gasteiger partial charge >= 0.3 is 0 Å². The van der Waals surface area contributed by atoms with Gasteiger partial charge in [0.15, 0.2) is 0 Å². The lowest BCUT2D eigenvalue weighted by molar-refractivity contribution is 0.705. The zero-order chi connectivity index (χ0) is 12.4. The molecule has 0 saturated heterocycles. The SMILES string of the molecule is CCNCc1cn(-c2ccc3c(c2)CCC3)nn1. The first kappa shape index (κ1) is 11.4. The van der Waals surface area contributed by atoms with Crippen LogP contribution in [0.1, 0.15) is 30.2 Å². The molecule has 1 aliphatic carbocycles. The van der Waals surface area contributed by atoms with Crippen molar-refractivity contribution in [2.45, 2.75) is 32.7 Å². The Kier molecular flexibility index (Phi) is 3.11. The largest absolute Gasteiger partial charge is 0.311 e. The summed E-state index contributed by atoms with van der Waals surface area (Å²) < 4.78 is 1.87. The molecule has 4 heteroatoms. The highest BCUT2D eigenvalue weighted by Gasteiger charge is 2.12.